The molecule has 0 saturated carbocycles. The van der Waals surface area contributed by atoms with Crippen LogP contribution in [-0.2, 0) is 44.8 Å². The van der Waals surface area contributed by atoms with Crippen LogP contribution in [0.3, 0.4) is 0 Å². The molecule has 53 heavy (non-hydrogen) atoms. The smallest absolute Gasteiger partial charge is 0.322 e. The number of aliphatic hydroxyl groups excluding tert-OH is 2. The third-order valence-electron chi connectivity index (χ3n) is 7.77. The van der Waals surface area contributed by atoms with Crippen molar-refractivity contribution in [3.63, 3.8) is 0 Å². The zero-order chi connectivity index (χ0) is 40.2. The number of carbonyl (C=O) groups is 8. The molecule has 0 heterocycles. The molecule has 0 bridgehead atoms. The number of unbranched alkanes of at least 4 members (excludes halogenated alkanes) is 1. The molecule has 0 saturated heterocycles. The lowest BCUT2D eigenvalue weighted by Gasteiger charge is -2.27. The SMILES string of the molecule is CC(C)[C@H](NC(=O)[C@H](Cc1ccccc1)NC(=O)[C@H](CO)NC(=O)[C@H](CC(=O)O)NC(=O)[C@@H](NC(=O)[C@@H](N)CCCCN)[C@@H](C)O)C(=O)NCC(=O)O. The number of carboxylic acids is 2. The Morgan fingerprint density at radius 1 is 0.679 bits per heavy atom. The van der Waals surface area contributed by atoms with Crippen LogP contribution in [0, 0.1) is 5.92 Å². The van der Waals surface area contributed by atoms with Gasteiger partial charge in [-0.1, -0.05) is 50.6 Å². The molecule has 0 unspecified atom stereocenters. The Labute approximate surface area is 306 Å². The van der Waals surface area contributed by atoms with E-state index in [1.165, 1.54) is 0 Å². The van der Waals surface area contributed by atoms with Gasteiger partial charge in [0.2, 0.25) is 35.4 Å². The van der Waals surface area contributed by atoms with Gasteiger partial charge in [-0.2, -0.15) is 0 Å². The van der Waals surface area contributed by atoms with Gasteiger partial charge in [0.15, 0.2) is 0 Å². The Morgan fingerprint density at radius 3 is 1.75 bits per heavy atom. The number of benzene rings is 1. The van der Waals surface area contributed by atoms with E-state index in [1.54, 1.807) is 44.2 Å². The second-order valence-corrected chi connectivity index (χ2v) is 12.6. The number of hydrogen-bond donors (Lipinski definition) is 12. The van der Waals surface area contributed by atoms with Gasteiger partial charge in [0.1, 0.15) is 36.8 Å². The molecule has 20 nitrogen and oxygen atoms in total. The lowest BCUT2D eigenvalue weighted by Crippen LogP contribution is -2.62. The van der Waals surface area contributed by atoms with Crippen molar-refractivity contribution in [1.82, 2.24) is 31.9 Å². The van der Waals surface area contributed by atoms with Crippen molar-refractivity contribution in [2.45, 2.75) is 95.2 Å². The van der Waals surface area contributed by atoms with E-state index >= 15 is 0 Å². The predicted molar refractivity (Wildman–Crippen MR) is 187 cm³/mol. The monoisotopic (exact) mass is 752 g/mol. The summed E-state index contributed by atoms with van der Waals surface area (Å²) in [4.78, 5) is 101. The molecule has 14 N–H and O–H groups in total. The lowest BCUT2D eigenvalue weighted by atomic mass is 10.0. The maximum atomic E-state index is 13.5. The fraction of sp³-hybridized carbons (Fsp3) is 0.576. The Morgan fingerprint density at radius 2 is 1.23 bits per heavy atom. The normalized spacial score (nSPS) is 14.9. The lowest BCUT2D eigenvalue weighted by molar-refractivity contribution is -0.142. The maximum Gasteiger partial charge on any atom is 0.322 e. The first kappa shape index (κ1) is 45.8. The van der Waals surface area contributed by atoms with E-state index in [9.17, 15) is 53.7 Å². The number of aliphatic hydroxyl groups is 2. The summed E-state index contributed by atoms with van der Waals surface area (Å²) in [5.74, 6) is -9.35. The Bertz CT molecular complexity index is 1410. The number of nitrogens with one attached hydrogen (secondary N) is 6. The van der Waals surface area contributed by atoms with Gasteiger partial charge in [-0.05, 0) is 37.8 Å². The predicted octanol–water partition coefficient (Wildman–Crippen LogP) is -4.19. The number of amides is 6. The van der Waals surface area contributed by atoms with Crippen molar-refractivity contribution in [2.24, 2.45) is 17.4 Å². The van der Waals surface area contributed by atoms with E-state index in [2.05, 4.69) is 31.9 Å². The topological polar surface area (TPSA) is 342 Å². The van der Waals surface area contributed by atoms with E-state index in [0.29, 0.717) is 24.9 Å². The third-order valence-corrected chi connectivity index (χ3v) is 7.77. The molecule has 0 radical (unpaired) electrons. The number of rotatable bonds is 24. The summed E-state index contributed by atoms with van der Waals surface area (Å²) in [6.45, 7) is 2.97. The molecule has 296 valence electrons. The second-order valence-electron chi connectivity index (χ2n) is 12.6. The highest BCUT2D eigenvalue weighted by molar-refractivity contribution is 5.98. The zero-order valence-electron chi connectivity index (χ0n) is 29.9. The summed E-state index contributed by atoms with van der Waals surface area (Å²) in [5, 5.41) is 52.2. The molecule has 20 heteroatoms. The van der Waals surface area contributed by atoms with Crippen LogP contribution in [-0.4, -0.2) is 130 Å². The molecule has 1 aromatic carbocycles. The van der Waals surface area contributed by atoms with Crippen molar-refractivity contribution < 1.29 is 58.8 Å². The standard InChI is InChI=1S/C33H52N8O12/c1-17(2)26(32(52)36-15-25(46)47)40-30(50)21(13-19-9-5-4-6-10-19)37-31(51)23(16-42)39-29(49)22(14-24(44)45)38-33(53)27(18(3)43)41-28(48)20(35)11-7-8-12-34/h4-6,9-10,17-18,20-23,26-27,42-43H,7-8,11-16,34-35H2,1-3H3,(H,36,52)(H,37,51)(H,38,53)(H,39,49)(H,40,50)(H,41,48)(H,44,45)(H,46,47)/t18-,20+,21+,22+,23+,26+,27+/m1/s1. The van der Waals surface area contributed by atoms with E-state index < -0.39 is 115 Å². The summed E-state index contributed by atoms with van der Waals surface area (Å²) in [6, 6.07) is -0.675. The minimum Gasteiger partial charge on any atom is -0.481 e. The number of nitrogens with two attached hydrogens (primary N) is 2. The molecule has 1 rings (SSSR count). The first-order valence-electron chi connectivity index (χ1n) is 16.9. The van der Waals surface area contributed by atoms with Gasteiger partial charge in [-0.3, -0.25) is 38.4 Å². The van der Waals surface area contributed by atoms with Crippen LogP contribution < -0.4 is 43.4 Å². The average molecular weight is 753 g/mol. The Balaban J connectivity index is 3.20. The van der Waals surface area contributed by atoms with Gasteiger partial charge in [0.25, 0.3) is 0 Å². The summed E-state index contributed by atoms with van der Waals surface area (Å²) >= 11 is 0. The number of hydrogen-bond acceptors (Lipinski definition) is 12. The van der Waals surface area contributed by atoms with Crippen molar-refractivity contribution in [3.8, 4) is 0 Å². The largest absolute Gasteiger partial charge is 0.481 e. The molecular weight excluding hydrogens is 700 g/mol. The molecule has 0 aliphatic heterocycles. The third kappa shape index (κ3) is 16.8. The van der Waals surface area contributed by atoms with Crippen molar-refractivity contribution in [1.29, 1.82) is 0 Å². The molecule has 0 spiro atoms. The van der Waals surface area contributed by atoms with Crippen molar-refractivity contribution >= 4 is 47.4 Å². The first-order chi connectivity index (χ1) is 24.9. The van der Waals surface area contributed by atoms with E-state index in [4.69, 9.17) is 16.6 Å². The van der Waals surface area contributed by atoms with E-state index in [-0.39, 0.29) is 12.8 Å². The van der Waals surface area contributed by atoms with Crippen LogP contribution in [0.1, 0.15) is 52.0 Å². The van der Waals surface area contributed by atoms with Gasteiger partial charge in [0, 0.05) is 6.42 Å². The maximum absolute atomic E-state index is 13.5. The van der Waals surface area contributed by atoms with E-state index in [1.807, 2.05) is 0 Å². The summed E-state index contributed by atoms with van der Waals surface area (Å²) < 4.78 is 0. The first-order valence-corrected chi connectivity index (χ1v) is 16.9. The second kappa shape index (κ2) is 23.4. The fourth-order valence-corrected chi connectivity index (χ4v) is 4.81. The summed E-state index contributed by atoms with van der Waals surface area (Å²) in [5.41, 5.74) is 11.9. The minimum atomic E-state index is -1.88. The molecule has 0 aromatic heterocycles. The Hall–Kier alpha value is -5.18. The highest BCUT2D eigenvalue weighted by atomic mass is 16.4. The zero-order valence-corrected chi connectivity index (χ0v) is 29.9. The van der Waals surface area contributed by atoms with Gasteiger partial charge < -0.3 is 63.8 Å². The fourth-order valence-electron chi connectivity index (χ4n) is 4.81. The van der Waals surface area contributed by atoms with Gasteiger partial charge >= 0.3 is 11.9 Å². The van der Waals surface area contributed by atoms with Crippen LogP contribution in [0.15, 0.2) is 30.3 Å². The molecule has 1 aromatic rings. The number of carbonyl (C=O) groups excluding carboxylic acids is 6. The van der Waals surface area contributed by atoms with Gasteiger partial charge in [-0.15, -0.1) is 0 Å². The molecule has 0 aliphatic rings. The molecule has 0 aliphatic carbocycles. The van der Waals surface area contributed by atoms with Crippen LogP contribution in [0.4, 0.5) is 0 Å². The Kier molecular flexibility index (Phi) is 20.2. The summed E-state index contributed by atoms with van der Waals surface area (Å²) in [6.07, 6.45) is -1.35. The number of carboxylic acid groups (broad SMARTS) is 2. The van der Waals surface area contributed by atoms with Crippen LogP contribution in [0.25, 0.3) is 0 Å². The highest BCUT2D eigenvalue weighted by Gasteiger charge is 2.35. The molecular formula is C33H52N8O12. The van der Waals surface area contributed by atoms with Gasteiger partial charge in [-0.25, -0.2) is 0 Å². The summed E-state index contributed by atoms with van der Waals surface area (Å²) in [7, 11) is 0. The van der Waals surface area contributed by atoms with Gasteiger partial charge in [0.05, 0.1) is 25.2 Å². The minimum absolute atomic E-state index is 0.132. The average Bonchev–Trinajstić information content (AvgIpc) is 3.09. The quantitative estimate of drug-likeness (QED) is 0.0446. The van der Waals surface area contributed by atoms with Crippen LogP contribution in [0.5, 0.6) is 0 Å². The molecule has 6 amide bonds. The van der Waals surface area contributed by atoms with Crippen molar-refractivity contribution in [2.75, 3.05) is 19.7 Å². The van der Waals surface area contributed by atoms with Crippen LogP contribution in [0.2, 0.25) is 0 Å². The van der Waals surface area contributed by atoms with Crippen LogP contribution >= 0.6 is 0 Å². The highest BCUT2D eigenvalue weighted by Crippen LogP contribution is 2.08. The van der Waals surface area contributed by atoms with Crippen molar-refractivity contribution in [3.05, 3.63) is 35.9 Å². The molecule has 7 atom stereocenters. The molecule has 0 fully saturated rings. The van der Waals surface area contributed by atoms with E-state index in [0.717, 1.165) is 6.92 Å². The number of aliphatic carboxylic acids is 2.